The molecule has 0 aliphatic heterocycles. The van der Waals surface area contributed by atoms with Crippen LogP contribution < -0.4 is 15.0 Å². The van der Waals surface area contributed by atoms with Crippen LogP contribution in [0.3, 0.4) is 0 Å². The maximum atomic E-state index is 13.0. The molecule has 1 aliphatic rings. The van der Waals surface area contributed by atoms with Gasteiger partial charge in [-0.2, -0.15) is 12.7 Å². The summed E-state index contributed by atoms with van der Waals surface area (Å²) >= 11 is 0. The van der Waals surface area contributed by atoms with Crippen molar-refractivity contribution in [2.75, 3.05) is 25.4 Å². The Bertz CT molecular complexity index is 1310. The lowest BCUT2D eigenvalue weighted by molar-refractivity contribution is 0.341. The average molecular weight is 461 g/mol. The van der Waals surface area contributed by atoms with Crippen LogP contribution in [0, 0.1) is 6.92 Å². The van der Waals surface area contributed by atoms with Gasteiger partial charge in [-0.1, -0.05) is 12.8 Å². The Morgan fingerprint density at radius 3 is 2.66 bits per heavy atom. The normalized spacial score (nSPS) is 15.0. The molecule has 32 heavy (non-hydrogen) atoms. The van der Waals surface area contributed by atoms with Crippen LogP contribution in [0.5, 0.6) is 5.75 Å². The molecular weight excluding hydrogens is 432 g/mol. The number of aryl methyl sites for hydroxylation is 1. The highest BCUT2D eigenvalue weighted by molar-refractivity contribution is 7.90. The maximum Gasteiger partial charge on any atom is 0.301 e. The molecule has 1 saturated carbocycles. The molecule has 3 aromatic rings. The van der Waals surface area contributed by atoms with Gasteiger partial charge in [0, 0.05) is 20.0 Å². The highest BCUT2D eigenvalue weighted by Gasteiger charge is 2.25. The Morgan fingerprint density at radius 2 is 2.00 bits per heavy atom. The molecule has 0 atom stereocenters. The minimum atomic E-state index is -3.70. The van der Waals surface area contributed by atoms with Crippen LogP contribution >= 0.6 is 0 Å². The molecule has 10 nitrogen and oxygen atoms in total. The summed E-state index contributed by atoms with van der Waals surface area (Å²) in [5.74, 6) is 1.84. The SMILES string of the molecule is CCOc1ccc(NS(=O)(=O)N(C)C)cc1-c1nn2c(C3CCCC3)nc(C)c2c(=O)[nH]1. The zero-order valence-corrected chi connectivity index (χ0v) is 19.5. The van der Waals surface area contributed by atoms with E-state index in [1.54, 1.807) is 22.7 Å². The Hall–Kier alpha value is -2.92. The van der Waals surface area contributed by atoms with Gasteiger partial charge in [-0.15, -0.1) is 5.10 Å². The molecule has 11 heteroatoms. The van der Waals surface area contributed by atoms with E-state index in [1.165, 1.54) is 14.1 Å². The number of rotatable bonds is 7. The van der Waals surface area contributed by atoms with Gasteiger partial charge in [-0.25, -0.2) is 9.50 Å². The van der Waals surface area contributed by atoms with Gasteiger partial charge >= 0.3 is 10.2 Å². The number of aromatic amines is 1. The van der Waals surface area contributed by atoms with E-state index >= 15 is 0 Å². The minimum Gasteiger partial charge on any atom is -0.493 e. The monoisotopic (exact) mass is 460 g/mol. The largest absolute Gasteiger partial charge is 0.493 e. The summed E-state index contributed by atoms with van der Waals surface area (Å²) in [6.07, 6.45) is 4.32. The van der Waals surface area contributed by atoms with Crippen molar-refractivity contribution in [1.29, 1.82) is 0 Å². The zero-order valence-electron chi connectivity index (χ0n) is 18.7. The van der Waals surface area contributed by atoms with Crippen molar-refractivity contribution in [2.45, 2.75) is 45.4 Å². The number of benzene rings is 1. The van der Waals surface area contributed by atoms with Crippen LogP contribution in [0.4, 0.5) is 5.69 Å². The quantitative estimate of drug-likeness (QED) is 0.559. The first-order valence-corrected chi connectivity index (χ1v) is 12.1. The van der Waals surface area contributed by atoms with Crippen molar-refractivity contribution < 1.29 is 13.2 Å². The number of ether oxygens (including phenoxy) is 1. The number of imidazole rings is 1. The number of nitrogens with zero attached hydrogens (tertiary/aromatic N) is 4. The first-order valence-electron chi connectivity index (χ1n) is 10.7. The van der Waals surface area contributed by atoms with E-state index in [-0.39, 0.29) is 17.3 Å². The molecule has 1 aliphatic carbocycles. The number of hydrogen-bond acceptors (Lipinski definition) is 6. The fourth-order valence-electron chi connectivity index (χ4n) is 4.06. The molecule has 2 aromatic heterocycles. The second kappa shape index (κ2) is 8.55. The Balaban J connectivity index is 1.87. The van der Waals surface area contributed by atoms with Crippen molar-refractivity contribution in [2.24, 2.45) is 0 Å². The van der Waals surface area contributed by atoms with Gasteiger partial charge in [0.1, 0.15) is 11.6 Å². The summed E-state index contributed by atoms with van der Waals surface area (Å²) in [4.78, 5) is 20.5. The zero-order chi connectivity index (χ0) is 23.0. The number of anilines is 1. The lowest BCUT2D eigenvalue weighted by atomic mass is 10.1. The smallest absolute Gasteiger partial charge is 0.301 e. The van der Waals surface area contributed by atoms with E-state index in [9.17, 15) is 13.2 Å². The van der Waals surface area contributed by atoms with Crippen LogP contribution in [0.2, 0.25) is 0 Å². The fourth-order valence-corrected chi connectivity index (χ4v) is 4.67. The highest BCUT2D eigenvalue weighted by Crippen LogP contribution is 2.35. The second-order valence-corrected chi connectivity index (χ2v) is 10.0. The molecule has 4 rings (SSSR count). The van der Waals surface area contributed by atoms with Crippen molar-refractivity contribution in [3.63, 3.8) is 0 Å². The summed E-state index contributed by atoms with van der Waals surface area (Å²) in [7, 11) is -0.815. The van der Waals surface area contributed by atoms with Gasteiger partial charge in [0.05, 0.1) is 23.6 Å². The lowest BCUT2D eigenvalue weighted by Crippen LogP contribution is -2.28. The standard InChI is InChI=1S/C21H28N6O4S/c1-5-31-17-11-10-15(25-32(29,30)26(3)4)12-16(17)19-23-21(28)18-13(2)22-20(27(18)24-19)14-8-6-7-9-14/h10-12,14,25H,5-9H2,1-4H3,(H,23,24,28). The Kier molecular flexibility index (Phi) is 5.95. The third-order valence-electron chi connectivity index (χ3n) is 5.68. The number of hydrogen-bond donors (Lipinski definition) is 2. The first-order chi connectivity index (χ1) is 15.2. The van der Waals surface area contributed by atoms with Crippen molar-refractivity contribution >= 4 is 21.4 Å². The van der Waals surface area contributed by atoms with Crippen molar-refractivity contribution in [3.8, 4) is 17.1 Å². The molecular formula is C21H28N6O4S. The molecule has 2 heterocycles. The number of nitrogens with one attached hydrogen (secondary N) is 2. The molecule has 0 spiro atoms. The molecule has 0 saturated heterocycles. The van der Waals surface area contributed by atoms with E-state index in [2.05, 4.69) is 14.7 Å². The Labute approximate surface area is 186 Å². The lowest BCUT2D eigenvalue weighted by Gasteiger charge is -2.16. The van der Waals surface area contributed by atoms with Gasteiger partial charge in [-0.05, 0) is 44.9 Å². The van der Waals surface area contributed by atoms with Crippen LogP contribution in [-0.4, -0.2) is 53.0 Å². The van der Waals surface area contributed by atoms with E-state index in [4.69, 9.17) is 9.84 Å². The molecule has 2 N–H and O–H groups in total. The molecule has 172 valence electrons. The van der Waals surface area contributed by atoms with E-state index in [0.29, 0.717) is 34.8 Å². The van der Waals surface area contributed by atoms with Gasteiger partial charge < -0.3 is 9.72 Å². The van der Waals surface area contributed by atoms with Gasteiger partial charge in [0.2, 0.25) is 0 Å². The molecule has 0 radical (unpaired) electrons. The van der Waals surface area contributed by atoms with Crippen LogP contribution in [0.25, 0.3) is 16.9 Å². The predicted molar refractivity (Wildman–Crippen MR) is 122 cm³/mol. The predicted octanol–water partition coefficient (Wildman–Crippen LogP) is 2.67. The van der Waals surface area contributed by atoms with Gasteiger partial charge in [-0.3, -0.25) is 9.52 Å². The first kappa shape index (κ1) is 22.3. The van der Waals surface area contributed by atoms with E-state index in [1.807, 2.05) is 13.8 Å². The van der Waals surface area contributed by atoms with Crippen molar-refractivity contribution in [3.05, 3.63) is 40.1 Å². The molecule has 0 bridgehead atoms. The third-order valence-corrected chi connectivity index (χ3v) is 7.14. The maximum absolute atomic E-state index is 13.0. The van der Waals surface area contributed by atoms with E-state index in [0.717, 1.165) is 35.8 Å². The molecule has 1 fully saturated rings. The summed E-state index contributed by atoms with van der Waals surface area (Å²) in [5.41, 5.74) is 1.58. The van der Waals surface area contributed by atoms with Gasteiger partial charge in [0.15, 0.2) is 11.3 Å². The van der Waals surface area contributed by atoms with E-state index < -0.39 is 10.2 Å². The molecule has 1 aromatic carbocycles. The van der Waals surface area contributed by atoms with Crippen molar-refractivity contribution in [1.82, 2.24) is 23.9 Å². The summed E-state index contributed by atoms with van der Waals surface area (Å²) < 4.78 is 35.5. The second-order valence-electron chi connectivity index (χ2n) is 8.13. The Morgan fingerprint density at radius 1 is 1.28 bits per heavy atom. The molecule has 0 unspecified atom stereocenters. The average Bonchev–Trinajstić information content (AvgIpc) is 3.37. The van der Waals surface area contributed by atoms with Gasteiger partial charge in [0.25, 0.3) is 5.56 Å². The number of fused-ring (bicyclic) bond motifs is 1. The minimum absolute atomic E-state index is 0.267. The van der Waals surface area contributed by atoms with Crippen LogP contribution in [-0.2, 0) is 10.2 Å². The number of H-pyrrole nitrogens is 1. The summed E-state index contributed by atoms with van der Waals surface area (Å²) in [5, 5.41) is 4.72. The third kappa shape index (κ3) is 4.09. The summed E-state index contributed by atoms with van der Waals surface area (Å²) in [6, 6.07) is 4.88. The highest BCUT2D eigenvalue weighted by atomic mass is 32.2. The summed E-state index contributed by atoms with van der Waals surface area (Å²) in [6.45, 7) is 4.07. The van der Waals surface area contributed by atoms with Crippen LogP contribution in [0.1, 0.15) is 50.0 Å². The van der Waals surface area contributed by atoms with Crippen LogP contribution in [0.15, 0.2) is 23.0 Å². The number of aromatic nitrogens is 4. The fraction of sp³-hybridized carbons (Fsp3) is 0.476. The molecule has 0 amide bonds. The topological polar surface area (TPSA) is 122 Å².